The first-order valence-electron chi connectivity index (χ1n) is 6.37. The van der Waals surface area contributed by atoms with Crippen molar-refractivity contribution in [2.75, 3.05) is 7.05 Å². The van der Waals surface area contributed by atoms with Crippen molar-refractivity contribution in [1.82, 2.24) is 15.2 Å². The number of nitrogens with one attached hydrogen (secondary N) is 1. The SMILES string of the molecule is Cc1cccc(CN(C)C(=O)NC(C)(C)CC(=O)O)n1. The number of carbonyl (C=O) groups is 2. The van der Waals surface area contributed by atoms with Crippen LogP contribution in [0.25, 0.3) is 0 Å². The fourth-order valence-corrected chi connectivity index (χ4v) is 1.81. The number of carboxylic acids is 1. The molecular formula is C14H21N3O3. The highest BCUT2D eigenvalue weighted by Gasteiger charge is 2.25. The third kappa shape index (κ3) is 5.26. The Hall–Kier alpha value is -2.11. The number of amides is 2. The van der Waals surface area contributed by atoms with E-state index in [-0.39, 0.29) is 12.5 Å². The second-order valence-corrected chi connectivity index (χ2v) is 5.51. The van der Waals surface area contributed by atoms with Crippen LogP contribution in [0.4, 0.5) is 4.79 Å². The fraction of sp³-hybridized carbons (Fsp3) is 0.500. The second kappa shape index (κ2) is 6.36. The number of carboxylic acid groups (broad SMARTS) is 1. The quantitative estimate of drug-likeness (QED) is 0.860. The molecule has 20 heavy (non-hydrogen) atoms. The zero-order valence-electron chi connectivity index (χ0n) is 12.3. The predicted molar refractivity (Wildman–Crippen MR) is 75.3 cm³/mol. The number of aromatic nitrogens is 1. The molecule has 6 heteroatoms. The number of aliphatic carboxylic acids is 1. The molecular weight excluding hydrogens is 258 g/mol. The lowest BCUT2D eigenvalue weighted by molar-refractivity contribution is -0.138. The lowest BCUT2D eigenvalue weighted by Gasteiger charge is -2.27. The van der Waals surface area contributed by atoms with Gasteiger partial charge in [0.15, 0.2) is 0 Å². The van der Waals surface area contributed by atoms with E-state index in [2.05, 4.69) is 10.3 Å². The summed E-state index contributed by atoms with van der Waals surface area (Å²) in [5.74, 6) is -0.946. The van der Waals surface area contributed by atoms with Gasteiger partial charge < -0.3 is 15.3 Å². The minimum Gasteiger partial charge on any atom is -0.481 e. The zero-order valence-corrected chi connectivity index (χ0v) is 12.3. The number of rotatable bonds is 5. The molecule has 0 saturated carbocycles. The Labute approximate surface area is 118 Å². The molecule has 0 radical (unpaired) electrons. The molecule has 6 nitrogen and oxygen atoms in total. The maximum atomic E-state index is 12.0. The van der Waals surface area contributed by atoms with Gasteiger partial charge in [-0.25, -0.2) is 4.79 Å². The lowest BCUT2D eigenvalue weighted by atomic mass is 10.0. The van der Waals surface area contributed by atoms with Crippen molar-refractivity contribution in [2.45, 2.75) is 39.3 Å². The number of pyridine rings is 1. The molecule has 0 saturated heterocycles. The summed E-state index contributed by atoms with van der Waals surface area (Å²) >= 11 is 0. The van der Waals surface area contributed by atoms with Crippen LogP contribution in [0.3, 0.4) is 0 Å². The third-order valence-electron chi connectivity index (χ3n) is 2.73. The van der Waals surface area contributed by atoms with Gasteiger partial charge in [-0.05, 0) is 32.9 Å². The fourth-order valence-electron chi connectivity index (χ4n) is 1.81. The molecule has 1 heterocycles. The summed E-state index contributed by atoms with van der Waals surface area (Å²) in [4.78, 5) is 28.5. The number of nitrogens with zero attached hydrogens (tertiary/aromatic N) is 2. The second-order valence-electron chi connectivity index (χ2n) is 5.51. The van der Waals surface area contributed by atoms with E-state index >= 15 is 0 Å². The van der Waals surface area contributed by atoms with Crippen LogP contribution in [0.2, 0.25) is 0 Å². The van der Waals surface area contributed by atoms with E-state index in [1.807, 2.05) is 25.1 Å². The number of hydrogen-bond acceptors (Lipinski definition) is 3. The summed E-state index contributed by atoms with van der Waals surface area (Å²) in [6.07, 6.45) is -0.130. The summed E-state index contributed by atoms with van der Waals surface area (Å²) in [6.45, 7) is 5.62. The normalized spacial score (nSPS) is 11.0. The average Bonchev–Trinajstić information content (AvgIpc) is 2.26. The molecule has 0 aliphatic heterocycles. The van der Waals surface area contributed by atoms with E-state index in [1.165, 1.54) is 4.90 Å². The maximum absolute atomic E-state index is 12.0. The molecule has 1 rings (SSSR count). The molecule has 1 aromatic heterocycles. The molecule has 1 aromatic rings. The lowest BCUT2D eigenvalue weighted by Crippen LogP contribution is -2.49. The minimum atomic E-state index is -0.946. The first-order chi connectivity index (χ1) is 9.19. The Balaban J connectivity index is 2.61. The van der Waals surface area contributed by atoms with Crippen LogP contribution in [0, 0.1) is 6.92 Å². The third-order valence-corrected chi connectivity index (χ3v) is 2.73. The van der Waals surface area contributed by atoms with E-state index in [1.54, 1.807) is 20.9 Å². The van der Waals surface area contributed by atoms with E-state index < -0.39 is 11.5 Å². The Morgan fingerprint density at radius 2 is 2.05 bits per heavy atom. The topological polar surface area (TPSA) is 82.5 Å². The van der Waals surface area contributed by atoms with Gasteiger partial charge in [0.1, 0.15) is 0 Å². The van der Waals surface area contributed by atoms with Crippen molar-refractivity contribution in [1.29, 1.82) is 0 Å². The van der Waals surface area contributed by atoms with Crippen LogP contribution in [0.5, 0.6) is 0 Å². The molecule has 0 aromatic carbocycles. The van der Waals surface area contributed by atoms with E-state index in [4.69, 9.17) is 5.11 Å². The molecule has 0 bridgehead atoms. The minimum absolute atomic E-state index is 0.130. The van der Waals surface area contributed by atoms with E-state index in [9.17, 15) is 9.59 Å². The summed E-state index contributed by atoms with van der Waals surface area (Å²) < 4.78 is 0. The van der Waals surface area contributed by atoms with E-state index in [0.717, 1.165) is 11.4 Å². The van der Waals surface area contributed by atoms with Crippen LogP contribution in [-0.4, -0.2) is 39.6 Å². The smallest absolute Gasteiger partial charge is 0.317 e. The summed E-state index contributed by atoms with van der Waals surface area (Å²) in [6, 6.07) is 5.30. The van der Waals surface area contributed by atoms with Crippen molar-refractivity contribution < 1.29 is 14.7 Å². The van der Waals surface area contributed by atoms with Gasteiger partial charge in [-0.3, -0.25) is 9.78 Å². The molecule has 2 N–H and O–H groups in total. The van der Waals surface area contributed by atoms with Gasteiger partial charge in [0.25, 0.3) is 0 Å². The highest BCUT2D eigenvalue weighted by Crippen LogP contribution is 2.09. The van der Waals surface area contributed by atoms with Crippen molar-refractivity contribution in [3.05, 3.63) is 29.6 Å². The Kier molecular flexibility index (Phi) is 5.07. The van der Waals surface area contributed by atoms with Gasteiger partial charge in [-0.15, -0.1) is 0 Å². The summed E-state index contributed by atoms with van der Waals surface area (Å²) in [5.41, 5.74) is 0.887. The monoisotopic (exact) mass is 279 g/mol. The Morgan fingerprint density at radius 3 is 2.60 bits per heavy atom. The predicted octanol–water partition coefficient (Wildman–Crippen LogP) is 1.78. The molecule has 0 aliphatic rings. The summed E-state index contributed by atoms with van der Waals surface area (Å²) in [5, 5.41) is 11.5. The molecule has 0 aliphatic carbocycles. The van der Waals surface area contributed by atoms with Crippen molar-refractivity contribution in [2.24, 2.45) is 0 Å². The maximum Gasteiger partial charge on any atom is 0.317 e. The van der Waals surface area contributed by atoms with Gasteiger partial charge in [-0.2, -0.15) is 0 Å². The van der Waals surface area contributed by atoms with Crippen molar-refractivity contribution in [3.8, 4) is 0 Å². The molecule has 2 amide bonds. The summed E-state index contributed by atoms with van der Waals surface area (Å²) in [7, 11) is 1.65. The molecule has 0 atom stereocenters. The standard InChI is InChI=1S/C14H21N3O3/c1-10-6-5-7-11(15-10)9-17(4)13(20)16-14(2,3)8-12(18)19/h5-7H,8-9H2,1-4H3,(H,16,20)(H,18,19). The Morgan fingerprint density at radius 1 is 1.40 bits per heavy atom. The number of carbonyl (C=O) groups excluding carboxylic acids is 1. The van der Waals surface area contributed by atoms with Crippen LogP contribution < -0.4 is 5.32 Å². The molecule has 0 spiro atoms. The van der Waals surface area contributed by atoms with Gasteiger partial charge in [0, 0.05) is 18.3 Å². The highest BCUT2D eigenvalue weighted by atomic mass is 16.4. The van der Waals surface area contributed by atoms with Crippen LogP contribution in [0.1, 0.15) is 31.7 Å². The van der Waals surface area contributed by atoms with Crippen LogP contribution in [0.15, 0.2) is 18.2 Å². The van der Waals surface area contributed by atoms with Crippen LogP contribution >= 0.6 is 0 Å². The van der Waals surface area contributed by atoms with E-state index in [0.29, 0.717) is 6.54 Å². The Bertz CT molecular complexity index is 500. The van der Waals surface area contributed by atoms with Gasteiger partial charge >= 0.3 is 12.0 Å². The molecule has 110 valence electrons. The van der Waals surface area contributed by atoms with Gasteiger partial charge in [0.05, 0.1) is 18.7 Å². The first-order valence-corrected chi connectivity index (χ1v) is 6.37. The number of urea groups is 1. The molecule has 0 fully saturated rings. The van der Waals surface area contributed by atoms with Crippen LogP contribution in [-0.2, 0) is 11.3 Å². The largest absolute Gasteiger partial charge is 0.481 e. The van der Waals surface area contributed by atoms with Gasteiger partial charge in [-0.1, -0.05) is 6.07 Å². The number of aryl methyl sites for hydroxylation is 1. The number of hydrogen-bond donors (Lipinski definition) is 2. The van der Waals surface area contributed by atoms with Crippen molar-refractivity contribution >= 4 is 12.0 Å². The first kappa shape index (κ1) is 15.9. The molecule has 0 unspecified atom stereocenters. The highest BCUT2D eigenvalue weighted by molar-refractivity contribution is 5.76. The van der Waals surface area contributed by atoms with Gasteiger partial charge in [0.2, 0.25) is 0 Å². The average molecular weight is 279 g/mol. The van der Waals surface area contributed by atoms with Crippen molar-refractivity contribution in [3.63, 3.8) is 0 Å². The zero-order chi connectivity index (χ0) is 15.3.